The van der Waals surface area contributed by atoms with Gasteiger partial charge in [0.25, 0.3) is 0 Å². The lowest BCUT2D eigenvalue weighted by molar-refractivity contribution is -0.118. The molecule has 1 fully saturated rings. The quantitative estimate of drug-likeness (QED) is 0.538. The molecule has 66 valence electrons. The third kappa shape index (κ3) is 1.21. The molecule has 0 aromatic carbocycles. The first-order valence-corrected chi connectivity index (χ1v) is 4.92. The van der Waals surface area contributed by atoms with Crippen molar-refractivity contribution in [2.24, 2.45) is 11.3 Å². The molecule has 12 heavy (non-hydrogen) atoms. The number of hydrogen-bond donors (Lipinski definition) is 0. The second-order valence-electron chi connectivity index (χ2n) is 4.51. The molecule has 1 heteroatoms. The lowest BCUT2D eigenvalue weighted by atomic mass is 9.63. The molecule has 2 unspecified atom stereocenters. The van der Waals surface area contributed by atoms with Gasteiger partial charge in [0.1, 0.15) is 0 Å². The Labute approximate surface area is 73.8 Å². The van der Waals surface area contributed by atoms with Crippen molar-refractivity contribution >= 4 is 5.78 Å². The van der Waals surface area contributed by atoms with Crippen molar-refractivity contribution in [2.45, 2.75) is 39.0 Å². The van der Waals surface area contributed by atoms with Crippen LogP contribution in [0.3, 0.4) is 0 Å². The second-order valence-corrected chi connectivity index (χ2v) is 4.51. The highest BCUT2D eigenvalue weighted by Gasteiger charge is 2.38. The average Bonchev–Trinajstić information content (AvgIpc) is 2.02. The van der Waals surface area contributed by atoms with Crippen LogP contribution in [0.15, 0.2) is 12.2 Å². The van der Waals surface area contributed by atoms with E-state index < -0.39 is 0 Å². The topological polar surface area (TPSA) is 17.1 Å². The maximum Gasteiger partial charge on any atom is 0.155 e. The van der Waals surface area contributed by atoms with E-state index in [1.807, 2.05) is 0 Å². The summed E-state index contributed by atoms with van der Waals surface area (Å²) in [4.78, 5) is 11.2. The van der Waals surface area contributed by atoms with Crippen molar-refractivity contribution < 1.29 is 4.79 Å². The van der Waals surface area contributed by atoms with E-state index in [9.17, 15) is 4.79 Å². The summed E-state index contributed by atoms with van der Waals surface area (Å²) in [6, 6.07) is 0. The van der Waals surface area contributed by atoms with Crippen LogP contribution in [0.2, 0.25) is 0 Å². The molecule has 1 saturated carbocycles. The smallest absolute Gasteiger partial charge is 0.155 e. The van der Waals surface area contributed by atoms with Crippen LogP contribution in [0.25, 0.3) is 0 Å². The third-order valence-electron chi connectivity index (χ3n) is 3.50. The van der Waals surface area contributed by atoms with E-state index in [4.69, 9.17) is 0 Å². The standard InChI is InChI=1S/C11H16O/c1-11-7-3-2-4-9(11)5-6-10(12)8-11/h5-6,9H,2-4,7-8H2,1H3. The van der Waals surface area contributed by atoms with E-state index in [-0.39, 0.29) is 0 Å². The monoisotopic (exact) mass is 164 g/mol. The Hall–Kier alpha value is -0.590. The maximum absolute atomic E-state index is 11.2. The molecule has 0 N–H and O–H groups in total. The van der Waals surface area contributed by atoms with Crippen LogP contribution < -0.4 is 0 Å². The summed E-state index contributed by atoms with van der Waals surface area (Å²) in [7, 11) is 0. The molecule has 0 radical (unpaired) electrons. The van der Waals surface area contributed by atoms with Gasteiger partial charge >= 0.3 is 0 Å². The number of hydrogen-bond acceptors (Lipinski definition) is 1. The Morgan fingerprint density at radius 3 is 3.17 bits per heavy atom. The van der Waals surface area contributed by atoms with E-state index >= 15 is 0 Å². The normalized spacial score (nSPS) is 41.1. The first-order chi connectivity index (χ1) is 5.71. The van der Waals surface area contributed by atoms with Gasteiger partial charge in [0.05, 0.1) is 0 Å². The van der Waals surface area contributed by atoms with Crippen LogP contribution in [0.1, 0.15) is 39.0 Å². The number of fused-ring (bicyclic) bond motifs is 1. The van der Waals surface area contributed by atoms with Crippen molar-refractivity contribution in [1.82, 2.24) is 0 Å². The Balaban J connectivity index is 2.23. The molecule has 0 aromatic heterocycles. The van der Waals surface area contributed by atoms with E-state index in [0.717, 1.165) is 6.42 Å². The Bertz CT molecular complexity index is 229. The van der Waals surface area contributed by atoms with Crippen LogP contribution in [-0.2, 0) is 4.79 Å². The van der Waals surface area contributed by atoms with Crippen LogP contribution in [0, 0.1) is 11.3 Å². The van der Waals surface area contributed by atoms with Crippen molar-refractivity contribution in [3.05, 3.63) is 12.2 Å². The molecule has 1 nitrogen and oxygen atoms in total. The third-order valence-corrected chi connectivity index (χ3v) is 3.50. The van der Waals surface area contributed by atoms with Gasteiger partial charge in [-0.25, -0.2) is 0 Å². The van der Waals surface area contributed by atoms with Crippen molar-refractivity contribution in [3.63, 3.8) is 0 Å². The SMILES string of the molecule is CC12CCCCC1C=CC(=O)C2. The number of allylic oxidation sites excluding steroid dienone is 2. The minimum atomic E-state index is 0.310. The lowest BCUT2D eigenvalue weighted by Crippen LogP contribution is -2.34. The van der Waals surface area contributed by atoms with E-state index in [1.165, 1.54) is 25.7 Å². The largest absolute Gasteiger partial charge is 0.295 e. The fourth-order valence-electron chi connectivity index (χ4n) is 2.66. The minimum Gasteiger partial charge on any atom is -0.295 e. The molecule has 0 bridgehead atoms. The van der Waals surface area contributed by atoms with Crippen molar-refractivity contribution in [3.8, 4) is 0 Å². The molecule has 2 atom stereocenters. The maximum atomic E-state index is 11.2. The van der Waals surface area contributed by atoms with Gasteiger partial charge < -0.3 is 0 Å². The van der Waals surface area contributed by atoms with E-state index in [2.05, 4.69) is 13.0 Å². The first-order valence-electron chi connectivity index (χ1n) is 4.92. The molecule has 0 aliphatic heterocycles. The summed E-state index contributed by atoms with van der Waals surface area (Å²) in [5, 5.41) is 0. The van der Waals surface area contributed by atoms with Crippen LogP contribution >= 0.6 is 0 Å². The van der Waals surface area contributed by atoms with Crippen LogP contribution in [0.5, 0.6) is 0 Å². The lowest BCUT2D eigenvalue weighted by Gasteiger charge is -2.41. The van der Waals surface area contributed by atoms with Crippen molar-refractivity contribution in [1.29, 1.82) is 0 Å². The fourth-order valence-corrected chi connectivity index (χ4v) is 2.66. The van der Waals surface area contributed by atoms with E-state index in [0.29, 0.717) is 17.1 Å². The number of carbonyl (C=O) groups excluding carboxylic acids is 1. The van der Waals surface area contributed by atoms with Gasteiger partial charge in [-0.05, 0) is 30.3 Å². The highest BCUT2D eigenvalue weighted by Crippen LogP contribution is 2.46. The summed E-state index contributed by atoms with van der Waals surface area (Å²) < 4.78 is 0. The zero-order valence-corrected chi connectivity index (χ0v) is 7.68. The Morgan fingerprint density at radius 1 is 1.50 bits per heavy atom. The zero-order chi connectivity index (χ0) is 8.60. The van der Waals surface area contributed by atoms with Gasteiger partial charge in [0.2, 0.25) is 0 Å². The molecular formula is C11H16O. The predicted octanol–water partition coefficient (Wildman–Crippen LogP) is 2.71. The molecular weight excluding hydrogens is 148 g/mol. The summed E-state index contributed by atoms with van der Waals surface area (Å²) in [6.45, 7) is 2.28. The summed E-state index contributed by atoms with van der Waals surface area (Å²) >= 11 is 0. The average molecular weight is 164 g/mol. The summed E-state index contributed by atoms with van der Waals surface area (Å²) in [5.41, 5.74) is 0.310. The highest BCUT2D eigenvalue weighted by atomic mass is 16.1. The highest BCUT2D eigenvalue weighted by molar-refractivity contribution is 5.91. The van der Waals surface area contributed by atoms with Gasteiger partial charge in [-0.3, -0.25) is 4.79 Å². The van der Waals surface area contributed by atoms with Crippen LogP contribution in [0.4, 0.5) is 0 Å². The molecule has 0 heterocycles. The summed E-state index contributed by atoms with van der Waals surface area (Å²) in [6.07, 6.45) is 9.91. The van der Waals surface area contributed by atoms with E-state index in [1.54, 1.807) is 6.08 Å². The zero-order valence-electron chi connectivity index (χ0n) is 7.68. The number of carbonyl (C=O) groups is 1. The molecule has 2 aliphatic rings. The molecule has 0 aromatic rings. The van der Waals surface area contributed by atoms with Gasteiger partial charge in [0, 0.05) is 6.42 Å². The molecule has 2 aliphatic carbocycles. The Kier molecular flexibility index (Phi) is 1.82. The molecule has 0 amide bonds. The second kappa shape index (κ2) is 2.72. The predicted molar refractivity (Wildman–Crippen MR) is 48.8 cm³/mol. The molecule has 0 saturated heterocycles. The fraction of sp³-hybridized carbons (Fsp3) is 0.727. The minimum absolute atomic E-state index is 0.310. The van der Waals surface area contributed by atoms with Gasteiger partial charge in [-0.2, -0.15) is 0 Å². The Morgan fingerprint density at radius 2 is 2.33 bits per heavy atom. The number of rotatable bonds is 0. The van der Waals surface area contributed by atoms with Crippen LogP contribution in [-0.4, -0.2) is 5.78 Å². The van der Waals surface area contributed by atoms with Gasteiger partial charge in [0.15, 0.2) is 5.78 Å². The first kappa shape index (κ1) is 8.03. The summed E-state index contributed by atoms with van der Waals surface area (Å²) in [5.74, 6) is 1.01. The number of ketones is 1. The van der Waals surface area contributed by atoms with Gasteiger partial charge in [-0.15, -0.1) is 0 Å². The molecule has 2 rings (SSSR count). The molecule has 0 spiro atoms. The van der Waals surface area contributed by atoms with Crippen molar-refractivity contribution in [2.75, 3.05) is 0 Å². The van der Waals surface area contributed by atoms with Gasteiger partial charge in [-0.1, -0.05) is 25.8 Å².